The van der Waals surface area contributed by atoms with Crippen molar-refractivity contribution in [1.29, 1.82) is 0 Å². The van der Waals surface area contributed by atoms with Gasteiger partial charge < -0.3 is 9.84 Å². The van der Waals surface area contributed by atoms with Gasteiger partial charge >= 0.3 is 5.97 Å². The summed E-state index contributed by atoms with van der Waals surface area (Å²) in [5.74, 6) is -2.61. The molecule has 176 valence electrons. The van der Waals surface area contributed by atoms with Gasteiger partial charge in [0.25, 0.3) is 15.9 Å². The molecule has 1 atom stereocenters. The number of hydrogen-bond donors (Lipinski definition) is 2. The van der Waals surface area contributed by atoms with Crippen LogP contribution < -0.4 is 14.4 Å². The van der Waals surface area contributed by atoms with Crippen LogP contribution in [0.2, 0.25) is 10.0 Å². The Morgan fingerprint density at radius 2 is 1.76 bits per heavy atom. The Hall–Kier alpha value is -3.11. The molecule has 0 aromatic heterocycles. The zero-order valence-corrected chi connectivity index (χ0v) is 20.2. The molecule has 34 heavy (non-hydrogen) atoms. The molecule has 1 heterocycles. The number of anilines is 1. The van der Waals surface area contributed by atoms with Gasteiger partial charge in [-0.1, -0.05) is 47.5 Å². The van der Waals surface area contributed by atoms with Crippen molar-refractivity contribution in [3.8, 4) is 5.75 Å². The molecule has 1 aliphatic rings. The van der Waals surface area contributed by atoms with Gasteiger partial charge in [-0.25, -0.2) is 17.5 Å². The van der Waals surface area contributed by atoms with E-state index in [-0.39, 0.29) is 27.0 Å². The zero-order valence-electron chi connectivity index (χ0n) is 17.9. The predicted molar refractivity (Wildman–Crippen MR) is 127 cm³/mol. The number of methoxy groups -OCH3 is 1. The van der Waals surface area contributed by atoms with Crippen LogP contribution in [0.25, 0.3) is 0 Å². The number of halogens is 2. The smallest absolute Gasteiger partial charge is 0.337 e. The number of fused-ring (bicyclic) bond motifs is 1. The number of aromatic carboxylic acids is 1. The molecule has 0 spiro atoms. The van der Waals surface area contributed by atoms with Gasteiger partial charge in [-0.15, -0.1) is 0 Å². The summed E-state index contributed by atoms with van der Waals surface area (Å²) in [6.07, 6.45) is 0. The Morgan fingerprint density at radius 1 is 1.06 bits per heavy atom. The van der Waals surface area contributed by atoms with E-state index >= 15 is 0 Å². The van der Waals surface area contributed by atoms with Crippen molar-refractivity contribution in [2.45, 2.75) is 10.4 Å². The number of amides is 1. The number of likely N-dealkylation sites (N-methyl/N-ethyl adjacent to an activating group) is 1. The molecule has 3 aromatic rings. The number of carbonyl (C=O) groups is 2. The van der Waals surface area contributed by atoms with Crippen LogP contribution in [0.4, 0.5) is 5.69 Å². The number of nitrogens with zero attached hydrogens (tertiary/aromatic N) is 1. The molecule has 4 rings (SSSR count). The summed E-state index contributed by atoms with van der Waals surface area (Å²) in [4.78, 5) is 25.3. The number of ether oxygens (including phenoxy) is 1. The maximum absolute atomic E-state index is 14.1. The number of benzene rings is 3. The highest BCUT2D eigenvalue weighted by atomic mass is 35.5. The number of hydrogen-bond acceptors (Lipinski definition) is 6. The highest BCUT2D eigenvalue weighted by Crippen LogP contribution is 2.49. The van der Waals surface area contributed by atoms with Crippen molar-refractivity contribution in [3.63, 3.8) is 0 Å². The first-order valence-electron chi connectivity index (χ1n) is 9.85. The van der Waals surface area contributed by atoms with Crippen molar-refractivity contribution in [2.24, 2.45) is 0 Å². The standard InChI is InChI=1S/C23H18Cl2N2O6S/c1-26-23(15-7-3-4-8-17(15)25)16-12-13(24)10-11-18(16)27(22(23)30)34(31,32)20-14(21(28)29)6-5-9-19(20)33-2/h3-12,26H,1-2H3,(H,28,29). The third kappa shape index (κ3) is 3.35. The summed E-state index contributed by atoms with van der Waals surface area (Å²) in [7, 11) is -2.08. The normalized spacial score (nSPS) is 17.5. The van der Waals surface area contributed by atoms with Gasteiger partial charge in [0.05, 0.1) is 18.4 Å². The molecule has 3 aromatic carbocycles. The van der Waals surface area contributed by atoms with Gasteiger partial charge in [0.15, 0.2) is 5.54 Å². The van der Waals surface area contributed by atoms with E-state index in [0.29, 0.717) is 9.87 Å². The molecular formula is C23H18Cl2N2O6S. The summed E-state index contributed by atoms with van der Waals surface area (Å²) >= 11 is 12.7. The Morgan fingerprint density at radius 3 is 2.38 bits per heavy atom. The van der Waals surface area contributed by atoms with Crippen LogP contribution in [-0.4, -0.2) is 39.6 Å². The Labute approximate surface area is 205 Å². The molecule has 11 heteroatoms. The quantitative estimate of drug-likeness (QED) is 0.506. The predicted octanol–water partition coefficient (Wildman–Crippen LogP) is 3.90. The SMILES string of the molecule is CNC1(c2ccccc2Cl)C(=O)N(S(=O)(=O)c2c(OC)cccc2C(=O)O)c2ccc(Cl)cc21. The lowest BCUT2D eigenvalue weighted by Crippen LogP contribution is -2.51. The highest BCUT2D eigenvalue weighted by Gasteiger charge is 2.57. The summed E-state index contributed by atoms with van der Waals surface area (Å²) in [5.41, 5.74) is -1.69. The minimum Gasteiger partial charge on any atom is -0.495 e. The van der Waals surface area contributed by atoms with Crippen LogP contribution in [0.3, 0.4) is 0 Å². The van der Waals surface area contributed by atoms with E-state index in [4.69, 9.17) is 27.9 Å². The minimum absolute atomic E-state index is 0.00548. The van der Waals surface area contributed by atoms with Crippen molar-refractivity contribution >= 4 is 50.8 Å². The molecule has 0 radical (unpaired) electrons. The minimum atomic E-state index is -4.78. The van der Waals surface area contributed by atoms with Crippen molar-refractivity contribution in [3.05, 3.63) is 87.4 Å². The van der Waals surface area contributed by atoms with E-state index in [1.165, 1.54) is 44.5 Å². The summed E-state index contributed by atoms with van der Waals surface area (Å²) in [5, 5.41) is 13.1. The van der Waals surface area contributed by atoms with Gasteiger partial charge in [0.1, 0.15) is 10.6 Å². The first kappa shape index (κ1) is 24.0. The van der Waals surface area contributed by atoms with E-state index in [0.717, 1.165) is 6.07 Å². The molecular weight excluding hydrogens is 503 g/mol. The molecule has 0 saturated carbocycles. The average molecular weight is 521 g/mol. The fraction of sp³-hybridized carbons (Fsp3) is 0.130. The second kappa shape index (κ2) is 8.59. The lowest BCUT2D eigenvalue weighted by Gasteiger charge is -2.30. The Kier molecular flexibility index (Phi) is 6.07. The van der Waals surface area contributed by atoms with E-state index in [2.05, 4.69) is 5.32 Å². The first-order valence-corrected chi connectivity index (χ1v) is 12.0. The second-order valence-corrected chi connectivity index (χ2v) is 9.93. The van der Waals surface area contributed by atoms with Crippen molar-refractivity contribution < 1.29 is 27.9 Å². The van der Waals surface area contributed by atoms with Gasteiger partial charge in [0, 0.05) is 21.2 Å². The fourth-order valence-corrected chi connectivity index (χ4v) is 6.45. The van der Waals surface area contributed by atoms with E-state index in [1.54, 1.807) is 24.3 Å². The van der Waals surface area contributed by atoms with Gasteiger partial charge in [-0.2, -0.15) is 0 Å². The third-order valence-electron chi connectivity index (χ3n) is 5.67. The number of rotatable bonds is 6. The van der Waals surface area contributed by atoms with Gasteiger partial charge in [0.2, 0.25) is 0 Å². The number of carbonyl (C=O) groups excluding carboxylic acids is 1. The molecule has 2 N–H and O–H groups in total. The number of nitrogens with one attached hydrogen (secondary N) is 1. The van der Waals surface area contributed by atoms with Crippen LogP contribution in [-0.2, 0) is 20.4 Å². The molecule has 0 aliphatic carbocycles. The van der Waals surface area contributed by atoms with Crippen molar-refractivity contribution in [1.82, 2.24) is 5.32 Å². The maximum Gasteiger partial charge on any atom is 0.337 e. The molecule has 1 unspecified atom stereocenters. The molecule has 0 fully saturated rings. The van der Waals surface area contributed by atoms with Crippen LogP contribution in [0, 0.1) is 0 Å². The molecule has 1 amide bonds. The van der Waals surface area contributed by atoms with Gasteiger partial charge in [-0.3, -0.25) is 10.1 Å². The van der Waals surface area contributed by atoms with Crippen molar-refractivity contribution in [2.75, 3.05) is 18.5 Å². The number of sulfonamides is 1. The molecule has 0 saturated heterocycles. The molecule has 1 aliphatic heterocycles. The van der Waals surface area contributed by atoms with Crippen LogP contribution in [0.1, 0.15) is 21.5 Å². The lowest BCUT2D eigenvalue weighted by molar-refractivity contribution is -0.121. The van der Waals surface area contributed by atoms with E-state index in [9.17, 15) is 23.1 Å². The maximum atomic E-state index is 14.1. The topological polar surface area (TPSA) is 113 Å². The zero-order chi connectivity index (χ0) is 24.8. The second-order valence-electron chi connectivity index (χ2n) is 7.36. The van der Waals surface area contributed by atoms with E-state index < -0.39 is 37.9 Å². The first-order chi connectivity index (χ1) is 16.1. The molecule has 0 bridgehead atoms. The Bertz CT molecular complexity index is 1440. The number of carboxylic acid groups (broad SMARTS) is 1. The number of carboxylic acids is 1. The van der Waals surface area contributed by atoms with E-state index in [1.807, 2.05) is 0 Å². The monoisotopic (exact) mass is 520 g/mol. The summed E-state index contributed by atoms with van der Waals surface area (Å²) < 4.78 is 33.7. The van der Waals surface area contributed by atoms with Crippen LogP contribution >= 0.6 is 23.2 Å². The van der Waals surface area contributed by atoms with Crippen LogP contribution in [0.5, 0.6) is 5.75 Å². The fourth-order valence-electron chi connectivity index (χ4n) is 4.21. The lowest BCUT2D eigenvalue weighted by atomic mass is 9.84. The third-order valence-corrected chi connectivity index (χ3v) is 8.01. The largest absolute Gasteiger partial charge is 0.495 e. The van der Waals surface area contributed by atoms with Crippen LogP contribution in [0.15, 0.2) is 65.6 Å². The average Bonchev–Trinajstić information content (AvgIpc) is 3.06. The van der Waals surface area contributed by atoms with Gasteiger partial charge in [-0.05, 0) is 43.4 Å². The summed E-state index contributed by atoms with van der Waals surface area (Å²) in [6, 6.07) is 14.6. The highest BCUT2D eigenvalue weighted by molar-refractivity contribution is 7.93. The molecule has 8 nitrogen and oxygen atoms in total. The summed E-state index contributed by atoms with van der Waals surface area (Å²) in [6.45, 7) is 0. The Balaban J connectivity index is 2.08.